The average Bonchev–Trinajstić information content (AvgIpc) is 2.39. The molecule has 1 fully saturated rings. The molecule has 98 valence electrons. The van der Waals surface area contributed by atoms with Crippen LogP contribution in [0.5, 0.6) is 0 Å². The summed E-state index contributed by atoms with van der Waals surface area (Å²) in [6.45, 7) is 2.37. The fourth-order valence-electron chi connectivity index (χ4n) is 3.59. The van der Waals surface area contributed by atoms with Crippen LogP contribution in [-0.2, 0) is 12.8 Å². The molecule has 0 amide bonds. The van der Waals surface area contributed by atoms with Crippen LogP contribution in [0, 0.1) is 17.7 Å². The van der Waals surface area contributed by atoms with Gasteiger partial charge in [-0.05, 0) is 86.7 Å². The molecule has 1 heterocycles. The van der Waals surface area contributed by atoms with E-state index in [1.165, 1.54) is 49.9 Å². The van der Waals surface area contributed by atoms with Gasteiger partial charge in [-0.2, -0.15) is 0 Å². The lowest BCUT2D eigenvalue weighted by Crippen LogP contribution is -2.29. The lowest BCUT2D eigenvalue weighted by atomic mass is 9.77. The van der Waals surface area contributed by atoms with E-state index >= 15 is 0 Å². The van der Waals surface area contributed by atoms with Crippen LogP contribution >= 0.6 is 0 Å². The lowest BCUT2D eigenvalue weighted by molar-refractivity contribution is 0.282. The molecule has 1 N–H and O–H groups in total. The smallest absolute Gasteiger partial charge is 0.123 e. The molecule has 3 rings (SSSR count). The summed E-state index contributed by atoms with van der Waals surface area (Å²) in [5.41, 5.74) is 2.64. The minimum Gasteiger partial charge on any atom is -0.317 e. The van der Waals surface area contributed by atoms with Crippen molar-refractivity contribution in [3.8, 4) is 0 Å². The summed E-state index contributed by atoms with van der Waals surface area (Å²) in [5, 5.41) is 3.43. The molecule has 1 aromatic carbocycles. The van der Waals surface area contributed by atoms with E-state index < -0.39 is 0 Å². The van der Waals surface area contributed by atoms with Crippen LogP contribution in [0.1, 0.15) is 36.8 Å². The Hall–Kier alpha value is -0.890. The first-order valence-electron chi connectivity index (χ1n) is 7.29. The van der Waals surface area contributed by atoms with Gasteiger partial charge in [0.1, 0.15) is 5.82 Å². The number of rotatable bonds is 2. The summed E-state index contributed by atoms with van der Waals surface area (Å²) in [7, 11) is 0. The normalized spacial score (nSPS) is 24.8. The number of aryl methyl sites for hydroxylation is 1. The molecule has 1 nitrogen and oxygen atoms in total. The van der Waals surface area contributed by atoms with Crippen molar-refractivity contribution in [3.05, 3.63) is 35.1 Å². The molecular formula is C16H22FN. The lowest BCUT2D eigenvalue weighted by Gasteiger charge is -2.30. The third kappa shape index (κ3) is 2.74. The van der Waals surface area contributed by atoms with E-state index in [2.05, 4.69) is 5.32 Å². The van der Waals surface area contributed by atoms with Crippen LogP contribution in [0.15, 0.2) is 18.2 Å². The van der Waals surface area contributed by atoms with Gasteiger partial charge in [0.25, 0.3) is 0 Å². The van der Waals surface area contributed by atoms with E-state index in [0.29, 0.717) is 0 Å². The number of hydrogen-bond acceptors (Lipinski definition) is 1. The molecule has 0 spiro atoms. The van der Waals surface area contributed by atoms with Crippen LogP contribution in [0.4, 0.5) is 4.39 Å². The van der Waals surface area contributed by atoms with Gasteiger partial charge in [0.15, 0.2) is 0 Å². The highest BCUT2D eigenvalue weighted by molar-refractivity contribution is 5.30. The highest BCUT2D eigenvalue weighted by atomic mass is 19.1. The van der Waals surface area contributed by atoms with Crippen LogP contribution in [0.3, 0.4) is 0 Å². The second kappa shape index (κ2) is 5.40. The molecule has 1 aliphatic heterocycles. The Morgan fingerprint density at radius 1 is 1.06 bits per heavy atom. The van der Waals surface area contributed by atoms with Gasteiger partial charge < -0.3 is 5.32 Å². The maximum atomic E-state index is 13.3. The molecule has 1 saturated heterocycles. The largest absolute Gasteiger partial charge is 0.317 e. The minimum atomic E-state index is -0.0729. The summed E-state index contributed by atoms with van der Waals surface area (Å²) in [6.07, 6.45) is 7.53. The van der Waals surface area contributed by atoms with Crippen LogP contribution in [0.25, 0.3) is 0 Å². The average molecular weight is 247 g/mol. The second-order valence-corrected chi connectivity index (χ2v) is 5.95. The van der Waals surface area contributed by atoms with Gasteiger partial charge in [0.2, 0.25) is 0 Å². The van der Waals surface area contributed by atoms with E-state index in [1.807, 2.05) is 6.07 Å². The number of fused-ring (bicyclic) bond motifs is 1. The monoisotopic (exact) mass is 247 g/mol. The van der Waals surface area contributed by atoms with E-state index in [4.69, 9.17) is 0 Å². The summed E-state index contributed by atoms with van der Waals surface area (Å²) in [4.78, 5) is 0. The topological polar surface area (TPSA) is 12.0 Å². The molecule has 0 saturated carbocycles. The maximum Gasteiger partial charge on any atom is 0.123 e. The Morgan fingerprint density at radius 3 is 2.72 bits per heavy atom. The van der Waals surface area contributed by atoms with Crippen LogP contribution in [-0.4, -0.2) is 13.1 Å². The highest BCUT2D eigenvalue weighted by Crippen LogP contribution is 2.32. The summed E-state index contributed by atoms with van der Waals surface area (Å²) in [5.74, 6) is 1.60. The molecule has 0 aromatic heterocycles. The summed E-state index contributed by atoms with van der Waals surface area (Å²) >= 11 is 0. The van der Waals surface area contributed by atoms with E-state index in [-0.39, 0.29) is 5.82 Å². The number of piperidine rings is 1. The molecule has 0 radical (unpaired) electrons. The van der Waals surface area contributed by atoms with Gasteiger partial charge in [-0.1, -0.05) is 6.07 Å². The van der Waals surface area contributed by atoms with Gasteiger partial charge in [-0.15, -0.1) is 0 Å². The second-order valence-electron chi connectivity index (χ2n) is 5.95. The number of halogens is 1. The molecular weight excluding hydrogens is 225 g/mol. The zero-order valence-electron chi connectivity index (χ0n) is 10.9. The molecule has 2 heteroatoms. The van der Waals surface area contributed by atoms with Crippen LogP contribution in [0.2, 0.25) is 0 Å². The molecule has 1 aromatic rings. The van der Waals surface area contributed by atoms with E-state index in [1.54, 1.807) is 12.1 Å². The third-order valence-electron chi connectivity index (χ3n) is 4.62. The van der Waals surface area contributed by atoms with Gasteiger partial charge in [0, 0.05) is 0 Å². The first kappa shape index (κ1) is 12.2. The Kier molecular flexibility index (Phi) is 3.64. The molecule has 1 unspecified atom stereocenters. The summed E-state index contributed by atoms with van der Waals surface area (Å²) in [6, 6.07) is 5.33. The standard InChI is InChI=1S/C16H22FN/c17-16-4-3-14-2-1-13(10-15(14)11-16)9-12-5-7-18-8-6-12/h3-4,11-13,18H,1-2,5-10H2. The van der Waals surface area contributed by atoms with Crippen molar-refractivity contribution in [1.82, 2.24) is 5.32 Å². The van der Waals surface area contributed by atoms with E-state index in [9.17, 15) is 4.39 Å². The van der Waals surface area contributed by atoms with E-state index in [0.717, 1.165) is 24.7 Å². The number of nitrogens with one attached hydrogen (secondary N) is 1. The zero-order valence-corrected chi connectivity index (χ0v) is 10.9. The van der Waals surface area contributed by atoms with Crippen molar-refractivity contribution in [3.63, 3.8) is 0 Å². The molecule has 2 aliphatic rings. The van der Waals surface area contributed by atoms with Gasteiger partial charge in [-0.25, -0.2) is 4.39 Å². The molecule has 1 aliphatic carbocycles. The number of benzene rings is 1. The van der Waals surface area contributed by atoms with Gasteiger partial charge in [0.05, 0.1) is 0 Å². The predicted octanol–water partition coefficient (Wildman–Crippen LogP) is 3.32. The summed E-state index contributed by atoms with van der Waals surface area (Å²) < 4.78 is 13.3. The first-order chi connectivity index (χ1) is 8.81. The fraction of sp³-hybridized carbons (Fsp3) is 0.625. The quantitative estimate of drug-likeness (QED) is 0.845. The van der Waals surface area contributed by atoms with Crippen molar-refractivity contribution in [1.29, 1.82) is 0 Å². The molecule has 1 atom stereocenters. The zero-order chi connectivity index (χ0) is 12.4. The maximum absolute atomic E-state index is 13.3. The number of hydrogen-bond donors (Lipinski definition) is 1. The minimum absolute atomic E-state index is 0.0729. The first-order valence-corrected chi connectivity index (χ1v) is 7.29. The Bertz CT molecular complexity index is 410. The third-order valence-corrected chi connectivity index (χ3v) is 4.62. The highest BCUT2D eigenvalue weighted by Gasteiger charge is 2.23. The Balaban J connectivity index is 1.63. The predicted molar refractivity (Wildman–Crippen MR) is 72.1 cm³/mol. The van der Waals surface area contributed by atoms with Gasteiger partial charge >= 0.3 is 0 Å². The van der Waals surface area contributed by atoms with Crippen molar-refractivity contribution in [2.45, 2.75) is 38.5 Å². The molecule has 18 heavy (non-hydrogen) atoms. The SMILES string of the molecule is Fc1ccc2c(c1)CC(CC1CCNCC1)CC2. The Labute approximate surface area is 109 Å². The molecule has 0 bridgehead atoms. The fourth-order valence-corrected chi connectivity index (χ4v) is 3.59. The van der Waals surface area contributed by atoms with Crippen molar-refractivity contribution in [2.75, 3.05) is 13.1 Å². The Morgan fingerprint density at radius 2 is 1.89 bits per heavy atom. The van der Waals surface area contributed by atoms with Crippen molar-refractivity contribution >= 4 is 0 Å². The van der Waals surface area contributed by atoms with Crippen molar-refractivity contribution in [2.24, 2.45) is 11.8 Å². The van der Waals surface area contributed by atoms with Crippen LogP contribution < -0.4 is 5.32 Å². The van der Waals surface area contributed by atoms with Crippen molar-refractivity contribution < 1.29 is 4.39 Å². The van der Waals surface area contributed by atoms with Gasteiger partial charge in [-0.3, -0.25) is 0 Å².